The van der Waals surface area contributed by atoms with Crippen LogP contribution in [0.5, 0.6) is 5.75 Å². The molecule has 33 heavy (non-hydrogen) atoms. The van der Waals surface area contributed by atoms with Crippen LogP contribution in [0.25, 0.3) is 0 Å². The van der Waals surface area contributed by atoms with Gasteiger partial charge in [-0.1, -0.05) is 113 Å². The van der Waals surface area contributed by atoms with Crippen LogP contribution in [0.3, 0.4) is 0 Å². The normalized spacial score (nSPS) is 10.8. The molecule has 0 atom stereocenters. The standard InChI is InChI=1S/C27H45BrN2O2S/c1-3-5-6-7-8-9-10-11-12-13-14-15-16-17-20-29-27(33)30-26(31)24-22-23(28)18-19-25(24)32-21-4-2/h18-19,22H,3-17,20-21H2,1-2H3,(H2,29,30,31,33). The smallest absolute Gasteiger partial charge is 0.261 e. The first-order valence-electron chi connectivity index (χ1n) is 13.1. The third kappa shape index (κ3) is 15.4. The van der Waals surface area contributed by atoms with Crippen LogP contribution in [0.4, 0.5) is 0 Å². The van der Waals surface area contributed by atoms with Crippen LogP contribution in [-0.2, 0) is 0 Å². The molecular formula is C27H45BrN2O2S. The van der Waals surface area contributed by atoms with Gasteiger partial charge in [-0.3, -0.25) is 10.1 Å². The Morgan fingerprint density at radius 2 is 1.39 bits per heavy atom. The number of hydrogen-bond acceptors (Lipinski definition) is 3. The largest absolute Gasteiger partial charge is 0.493 e. The van der Waals surface area contributed by atoms with E-state index in [0.717, 1.165) is 23.9 Å². The fraction of sp³-hybridized carbons (Fsp3) is 0.704. The summed E-state index contributed by atoms with van der Waals surface area (Å²) in [7, 11) is 0. The molecule has 1 aromatic carbocycles. The molecule has 4 nitrogen and oxygen atoms in total. The third-order valence-electron chi connectivity index (χ3n) is 5.69. The fourth-order valence-electron chi connectivity index (χ4n) is 3.75. The molecule has 1 aromatic rings. The summed E-state index contributed by atoms with van der Waals surface area (Å²) in [6.07, 6.45) is 19.7. The first-order chi connectivity index (χ1) is 16.1. The molecule has 1 amide bonds. The molecule has 188 valence electrons. The Kier molecular flexibility index (Phi) is 18.3. The van der Waals surface area contributed by atoms with E-state index in [1.165, 1.54) is 83.5 Å². The Balaban J connectivity index is 2.05. The highest BCUT2D eigenvalue weighted by atomic mass is 79.9. The van der Waals surface area contributed by atoms with E-state index in [2.05, 4.69) is 33.5 Å². The molecule has 0 unspecified atom stereocenters. The molecule has 0 bridgehead atoms. The SMILES string of the molecule is CCCCCCCCCCCCCCCCNC(=S)NC(=O)c1cc(Br)ccc1OCCC. The minimum absolute atomic E-state index is 0.249. The van der Waals surface area contributed by atoms with Gasteiger partial charge < -0.3 is 10.1 Å². The number of nitrogens with one attached hydrogen (secondary N) is 2. The van der Waals surface area contributed by atoms with Crippen LogP contribution in [0.2, 0.25) is 0 Å². The van der Waals surface area contributed by atoms with E-state index in [1.54, 1.807) is 12.1 Å². The predicted molar refractivity (Wildman–Crippen MR) is 148 cm³/mol. The van der Waals surface area contributed by atoms with Crippen molar-refractivity contribution in [1.29, 1.82) is 0 Å². The predicted octanol–water partition coefficient (Wildman–Crippen LogP) is 8.32. The molecule has 0 heterocycles. The zero-order valence-electron chi connectivity index (χ0n) is 20.9. The highest BCUT2D eigenvalue weighted by Gasteiger charge is 2.14. The molecule has 6 heteroatoms. The van der Waals surface area contributed by atoms with Crippen molar-refractivity contribution in [2.45, 2.75) is 110 Å². The number of carbonyl (C=O) groups is 1. The second kappa shape index (κ2) is 20.3. The van der Waals surface area contributed by atoms with E-state index in [-0.39, 0.29) is 5.91 Å². The van der Waals surface area contributed by atoms with Crippen LogP contribution in [0.1, 0.15) is 121 Å². The number of amides is 1. The van der Waals surface area contributed by atoms with Gasteiger partial charge >= 0.3 is 0 Å². The molecular weight excluding hydrogens is 496 g/mol. The van der Waals surface area contributed by atoms with Gasteiger partial charge in [0.25, 0.3) is 5.91 Å². The Hall–Kier alpha value is -1.14. The number of halogens is 1. The van der Waals surface area contributed by atoms with E-state index < -0.39 is 0 Å². The lowest BCUT2D eigenvalue weighted by molar-refractivity contribution is 0.0972. The molecule has 0 aromatic heterocycles. The van der Waals surface area contributed by atoms with Crippen LogP contribution in [-0.4, -0.2) is 24.2 Å². The maximum absolute atomic E-state index is 12.6. The van der Waals surface area contributed by atoms with Crippen molar-refractivity contribution < 1.29 is 9.53 Å². The first-order valence-corrected chi connectivity index (χ1v) is 14.3. The maximum atomic E-state index is 12.6. The van der Waals surface area contributed by atoms with E-state index in [9.17, 15) is 4.79 Å². The average Bonchev–Trinajstić information content (AvgIpc) is 2.80. The monoisotopic (exact) mass is 540 g/mol. The van der Waals surface area contributed by atoms with Crippen molar-refractivity contribution in [3.8, 4) is 5.75 Å². The summed E-state index contributed by atoms with van der Waals surface area (Å²) in [5, 5.41) is 6.29. The van der Waals surface area contributed by atoms with Crippen molar-refractivity contribution in [3.05, 3.63) is 28.2 Å². The lowest BCUT2D eigenvalue weighted by Gasteiger charge is -2.13. The molecule has 1 rings (SSSR count). The summed E-state index contributed by atoms with van der Waals surface area (Å²) >= 11 is 8.72. The van der Waals surface area contributed by atoms with Crippen LogP contribution in [0, 0.1) is 0 Å². The Labute approximate surface area is 216 Å². The second-order valence-corrected chi connectivity index (χ2v) is 10.1. The number of thiocarbonyl (C=S) groups is 1. The summed E-state index contributed by atoms with van der Waals surface area (Å²) in [6, 6.07) is 5.43. The van der Waals surface area contributed by atoms with Gasteiger partial charge in [0.2, 0.25) is 0 Å². The number of benzene rings is 1. The van der Waals surface area contributed by atoms with Crippen molar-refractivity contribution in [3.63, 3.8) is 0 Å². The fourth-order valence-corrected chi connectivity index (χ4v) is 4.31. The van der Waals surface area contributed by atoms with Gasteiger partial charge in [0.1, 0.15) is 5.75 Å². The van der Waals surface area contributed by atoms with Crippen LogP contribution in [0.15, 0.2) is 22.7 Å². The van der Waals surface area contributed by atoms with Crippen molar-refractivity contribution >= 4 is 39.2 Å². The minimum Gasteiger partial charge on any atom is -0.493 e. The number of unbranched alkanes of at least 4 members (excludes halogenated alkanes) is 13. The summed E-state index contributed by atoms with van der Waals surface area (Å²) in [4.78, 5) is 12.6. The maximum Gasteiger partial charge on any atom is 0.261 e. The quantitative estimate of drug-likeness (QED) is 0.137. The number of carbonyl (C=O) groups excluding carboxylic acids is 1. The van der Waals surface area contributed by atoms with Gasteiger partial charge in [-0.05, 0) is 43.3 Å². The molecule has 0 spiro atoms. The minimum atomic E-state index is -0.249. The lowest BCUT2D eigenvalue weighted by Crippen LogP contribution is -2.39. The van der Waals surface area contributed by atoms with Gasteiger partial charge in [-0.15, -0.1) is 0 Å². The Morgan fingerprint density at radius 1 is 0.848 bits per heavy atom. The zero-order chi connectivity index (χ0) is 24.2. The van der Waals surface area contributed by atoms with Gasteiger partial charge in [-0.2, -0.15) is 0 Å². The van der Waals surface area contributed by atoms with E-state index >= 15 is 0 Å². The summed E-state index contributed by atoms with van der Waals surface area (Å²) in [5.41, 5.74) is 0.485. The lowest BCUT2D eigenvalue weighted by atomic mass is 10.0. The number of ether oxygens (including phenoxy) is 1. The zero-order valence-corrected chi connectivity index (χ0v) is 23.3. The van der Waals surface area contributed by atoms with Crippen LogP contribution >= 0.6 is 28.1 Å². The molecule has 2 N–H and O–H groups in total. The summed E-state index contributed by atoms with van der Waals surface area (Å²) in [6.45, 7) is 5.67. The van der Waals surface area contributed by atoms with Crippen LogP contribution < -0.4 is 15.4 Å². The number of hydrogen-bond donors (Lipinski definition) is 2. The van der Waals surface area contributed by atoms with Gasteiger partial charge in [0.05, 0.1) is 12.2 Å². The van der Waals surface area contributed by atoms with Crippen molar-refractivity contribution in [2.24, 2.45) is 0 Å². The Bertz CT molecular complexity index is 670. The average molecular weight is 542 g/mol. The molecule has 0 aliphatic rings. The van der Waals surface area contributed by atoms with Gasteiger partial charge in [-0.25, -0.2) is 0 Å². The first kappa shape index (κ1) is 29.9. The van der Waals surface area contributed by atoms with Gasteiger partial charge in [0, 0.05) is 11.0 Å². The van der Waals surface area contributed by atoms with Gasteiger partial charge in [0.15, 0.2) is 5.11 Å². The molecule has 0 radical (unpaired) electrons. The molecule has 0 saturated carbocycles. The highest BCUT2D eigenvalue weighted by Crippen LogP contribution is 2.23. The highest BCUT2D eigenvalue weighted by molar-refractivity contribution is 9.10. The van der Waals surface area contributed by atoms with E-state index in [4.69, 9.17) is 17.0 Å². The molecule has 0 saturated heterocycles. The Morgan fingerprint density at radius 3 is 1.94 bits per heavy atom. The van der Waals surface area contributed by atoms with E-state index in [1.807, 2.05) is 13.0 Å². The molecule has 0 aliphatic carbocycles. The second-order valence-electron chi connectivity index (χ2n) is 8.80. The summed E-state index contributed by atoms with van der Waals surface area (Å²) < 4.78 is 6.52. The van der Waals surface area contributed by atoms with Crippen molar-refractivity contribution in [2.75, 3.05) is 13.2 Å². The van der Waals surface area contributed by atoms with Crippen molar-refractivity contribution in [1.82, 2.24) is 10.6 Å². The topological polar surface area (TPSA) is 50.4 Å². The third-order valence-corrected chi connectivity index (χ3v) is 6.43. The molecule has 0 aliphatic heterocycles. The summed E-state index contributed by atoms with van der Waals surface area (Å²) in [5.74, 6) is 0.327. The number of rotatable bonds is 19. The molecule has 0 fully saturated rings. The van der Waals surface area contributed by atoms with E-state index in [0.29, 0.717) is 23.0 Å².